The van der Waals surface area contributed by atoms with Gasteiger partial charge in [-0.05, 0) is 41.1 Å². The molecule has 1 unspecified atom stereocenters. The molecule has 94 valence electrons. The molecule has 7 heteroatoms. The second-order valence-electron chi connectivity index (χ2n) is 3.36. The van der Waals surface area contributed by atoms with E-state index in [4.69, 9.17) is 0 Å². The van der Waals surface area contributed by atoms with Gasteiger partial charge in [0, 0.05) is 4.47 Å². The van der Waals surface area contributed by atoms with Gasteiger partial charge in [-0.15, -0.1) is 0 Å². The van der Waals surface area contributed by atoms with Gasteiger partial charge in [0.1, 0.15) is 0 Å². The minimum atomic E-state index is -4.44. The van der Waals surface area contributed by atoms with Crippen LogP contribution in [-0.2, 0) is 11.0 Å². The number of anilines is 1. The van der Waals surface area contributed by atoms with E-state index in [0.29, 0.717) is 4.47 Å². The van der Waals surface area contributed by atoms with E-state index < -0.39 is 22.9 Å². The Bertz CT molecular complexity index is 434. The van der Waals surface area contributed by atoms with Crippen LogP contribution in [0.25, 0.3) is 0 Å². The van der Waals surface area contributed by atoms with Crippen LogP contribution in [0, 0.1) is 0 Å². The summed E-state index contributed by atoms with van der Waals surface area (Å²) in [4.78, 5) is 11.3. The number of amides is 1. The van der Waals surface area contributed by atoms with E-state index in [1.54, 1.807) is 0 Å². The van der Waals surface area contributed by atoms with Gasteiger partial charge in [-0.25, -0.2) is 0 Å². The lowest BCUT2D eigenvalue weighted by atomic mass is 10.2. The Labute approximate surface area is 110 Å². The number of rotatable bonds is 2. The molecule has 1 N–H and O–H groups in total. The summed E-state index contributed by atoms with van der Waals surface area (Å²) in [6.07, 6.45) is -4.44. The van der Waals surface area contributed by atoms with Gasteiger partial charge in [-0.2, -0.15) is 25.8 Å². The molecule has 17 heavy (non-hydrogen) atoms. The summed E-state index contributed by atoms with van der Waals surface area (Å²) in [7, 11) is 0. The zero-order valence-electron chi connectivity index (χ0n) is 8.68. The number of hydrogen-bond acceptors (Lipinski definition) is 2. The third-order valence-corrected chi connectivity index (χ3v) is 2.86. The summed E-state index contributed by atoms with van der Waals surface area (Å²) < 4.78 is 37.7. The Hall–Kier alpha value is -0.690. The van der Waals surface area contributed by atoms with Crippen molar-refractivity contribution in [2.75, 3.05) is 5.32 Å². The van der Waals surface area contributed by atoms with E-state index >= 15 is 0 Å². The van der Waals surface area contributed by atoms with Gasteiger partial charge < -0.3 is 5.32 Å². The zero-order chi connectivity index (χ0) is 13.2. The Morgan fingerprint density at radius 1 is 1.47 bits per heavy atom. The van der Waals surface area contributed by atoms with E-state index in [0.717, 1.165) is 12.1 Å². The van der Waals surface area contributed by atoms with Gasteiger partial charge in [-0.1, -0.05) is 0 Å². The van der Waals surface area contributed by atoms with Gasteiger partial charge in [0.25, 0.3) is 0 Å². The van der Waals surface area contributed by atoms with Crippen LogP contribution in [0.5, 0.6) is 0 Å². The van der Waals surface area contributed by atoms with Crippen molar-refractivity contribution in [2.45, 2.75) is 18.3 Å². The third-order valence-electron chi connectivity index (χ3n) is 1.93. The Morgan fingerprint density at radius 3 is 2.53 bits per heavy atom. The number of hydrogen-bond donors (Lipinski definition) is 2. The highest BCUT2D eigenvalue weighted by Gasteiger charge is 2.31. The van der Waals surface area contributed by atoms with E-state index in [9.17, 15) is 18.0 Å². The lowest BCUT2D eigenvalue weighted by Crippen LogP contribution is -2.21. The number of thiol groups is 1. The molecule has 0 saturated heterocycles. The summed E-state index contributed by atoms with van der Waals surface area (Å²) in [6.45, 7) is 1.53. The van der Waals surface area contributed by atoms with Crippen LogP contribution >= 0.6 is 28.6 Å². The molecule has 0 heterocycles. The Balaban J connectivity index is 3.03. The third kappa shape index (κ3) is 3.92. The standard InChI is InChI=1S/C10H9BrF3NOS/c1-5(17)9(16)15-8-4-6(10(12,13)14)2-3-7(8)11/h2-5,17H,1H3,(H,15,16). The number of alkyl halides is 3. The second kappa shape index (κ2) is 5.30. The molecule has 0 radical (unpaired) electrons. The molecule has 0 spiro atoms. The van der Waals surface area contributed by atoms with Crippen LogP contribution in [-0.4, -0.2) is 11.2 Å². The lowest BCUT2D eigenvalue weighted by molar-refractivity contribution is -0.137. The van der Waals surface area contributed by atoms with E-state index in [1.165, 1.54) is 13.0 Å². The summed E-state index contributed by atoms with van der Waals surface area (Å²) in [5, 5.41) is 1.76. The Kier molecular flexibility index (Phi) is 4.48. The quantitative estimate of drug-likeness (QED) is 0.796. The maximum absolute atomic E-state index is 12.5. The first-order chi connectivity index (χ1) is 7.71. The van der Waals surface area contributed by atoms with Crippen molar-refractivity contribution < 1.29 is 18.0 Å². The highest BCUT2D eigenvalue weighted by Crippen LogP contribution is 2.34. The summed E-state index contributed by atoms with van der Waals surface area (Å²) in [5.41, 5.74) is -0.742. The fourth-order valence-electron chi connectivity index (χ4n) is 1.03. The normalized spacial score (nSPS) is 13.3. The zero-order valence-corrected chi connectivity index (χ0v) is 11.2. The largest absolute Gasteiger partial charge is 0.416 e. The fraction of sp³-hybridized carbons (Fsp3) is 0.300. The van der Waals surface area contributed by atoms with Gasteiger partial charge in [-0.3, -0.25) is 4.79 Å². The maximum Gasteiger partial charge on any atom is 0.416 e. The SMILES string of the molecule is CC(S)C(=O)Nc1cc(C(F)(F)F)ccc1Br. The molecule has 1 aromatic rings. The lowest BCUT2D eigenvalue weighted by Gasteiger charge is -2.12. The highest BCUT2D eigenvalue weighted by molar-refractivity contribution is 9.10. The average Bonchev–Trinajstić information content (AvgIpc) is 2.19. The molecule has 1 amide bonds. The van der Waals surface area contributed by atoms with Crippen molar-refractivity contribution in [3.63, 3.8) is 0 Å². The van der Waals surface area contributed by atoms with E-state index in [1.807, 2.05) is 0 Å². The van der Waals surface area contributed by atoms with Crippen LogP contribution in [0.1, 0.15) is 12.5 Å². The minimum Gasteiger partial charge on any atom is -0.324 e. The molecule has 2 nitrogen and oxygen atoms in total. The average molecular weight is 328 g/mol. The number of carbonyl (C=O) groups excluding carboxylic acids is 1. The molecular weight excluding hydrogens is 319 g/mol. The number of benzene rings is 1. The molecule has 0 bridgehead atoms. The van der Waals surface area contributed by atoms with Crippen molar-refractivity contribution in [1.82, 2.24) is 0 Å². The molecule has 0 aliphatic rings. The molecule has 1 rings (SSSR count). The maximum atomic E-state index is 12.5. The van der Waals surface area contributed by atoms with Crippen molar-refractivity contribution in [2.24, 2.45) is 0 Å². The molecule has 1 atom stereocenters. The fourth-order valence-corrected chi connectivity index (χ4v) is 1.44. The smallest absolute Gasteiger partial charge is 0.324 e. The molecular formula is C10H9BrF3NOS. The van der Waals surface area contributed by atoms with Crippen molar-refractivity contribution in [3.8, 4) is 0 Å². The first-order valence-corrected chi connectivity index (χ1v) is 5.88. The number of halogens is 4. The van der Waals surface area contributed by atoms with Gasteiger partial charge in [0.15, 0.2) is 0 Å². The first-order valence-electron chi connectivity index (χ1n) is 4.57. The van der Waals surface area contributed by atoms with Crippen molar-refractivity contribution in [1.29, 1.82) is 0 Å². The van der Waals surface area contributed by atoms with Crippen LogP contribution in [0.15, 0.2) is 22.7 Å². The molecule has 0 saturated carbocycles. The molecule has 0 aliphatic carbocycles. The van der Waals surface area contributed by atoms with Crippen LogP contribution < -0.4 is 5.32 Å². The molecule has 0 fully saturated rings. The monoisotopic (exact) mass is 327 g/mol. The number of carbonyl (C=O) groups is 1. The molecule has 0 aromatic heterocycles. The highest BCUT2D eigenvalue weighted by atomic mass is 79.9. The first kappa shape index (κ1) is 14.4. The van der Waals surface area contributed by atoms with Gasteiger partial charge >= 0.3 is 6.18 Å². The van der Waals surface area contributed by atoms with E-state index in [-0.39, 0.29) is 5.69 Å². The summed E-state index contributed by atoms with van der Waals surface area (Å²) >= 11 is 6.96. The van der Waals surface area contributed by atoms with Gasteiger partial charge in [0.05, 0.1) is 16.5 Å². The molecule has 1 aromatic carbocycles. The van der Waals surface area contributed by atoms with Crippen LogP contribution in [0.3, 0.4) is 0 Å². The van der Waals surface area contributed by atoms with Gasteiger partial charge in [0.2, 0.25) is 5.91 Å². The molecule has 0 aliphatic heterocycles. The minimum absolute atomic E-state index is 0.0747. The van der Waals surface area contributed by atoms with Crippen LogP contribution in [0.2, 0.25) is 0 Å². The van der Waals surface area contributed by atoms with Crippen molar-refractivity contribution in [3.05, 3.63) is 28.2 Å². The summed E-state index contributed by atoms with van der Waals surface area (Å²) in [5.74, 6) is -0.464. The predicted molar refractivity (Wildman–Crippen MR) is 66.2 cm³/mol. The topological polar surface area (TPSA) is 29.1 Å². The number of nitrogens with one attached hydrogen (secondary N) is 1. The second-order valence-corrected chi connectivity index (χ2v) is 4.99. The summed E-state index contributed by atoms with van der Waals surface area (Å²) in [6, 6.07) is 3.05. The predicted octanol–water partition coefficient (Wildman–Crippen LogP) is 3.72. The van der Waals surface area contributed by atoms with Crippen LogP contribution in [0.4, 0.5) is 18.9 Å². The Morgan fingerprint density at radius 2 is 2.06 bits per heavy atom. The van der Waals surface area contributed by atoms with E-state index in [2.05, 4.69) is 33.9 Å². The van der Waals surface area contributed by atoms with Crippen molar-refractivity contribution >= 4 is 40.2 Å².